The Morgan fingerprint density at radius 2 is 1.67 bits per heavy atom. The zero-order chi connectivity index (χ0) is 19.8. The van der Waals surface area contributed by atoms with Gasteiger partial charge in [-0.1, -0.05) is 26.2 Å². The third kappa shape index (κ3) is 5.96. The number of thioether (sulfide) groups is 1. The monoisotopic (exact) mass is 396 g/mol. The standard InChI is InChI=1S/C21H20F4OS/c1-2-3-4-5-12-27-15-8-6-14(7-9-15)19(26)11-10-16-17(22)13-18(23)21(25)20(16)24/h6-11,13H,2-5,12H2,1H3/b11-10+. The molecule has 0 aromatic heterocycles. The maximum absolute atomic E-state index is 13.6. The molecule has 2 rings (SSSR count). The van der Waals surface area contributed by atoms with Crippen LogP contribution >= 0.6 is 11.8 Å². The van der Waals surface area contributed by atoms with E-state index in [0.29, 0.717) is 5.56 Å². The van der Waals surface area contributed by atoms with Crippen LogP contribution < -0.4 is 0 Å². The van der Waals surface area contributed by atoms with Crippen molar-refractivity contribution < 1.29 is 22.4 Å². The van der Waals surface area contributed by atoms with E-state index < -0.39 is 34.6 Å². The number of hydrogen-bond acceptors (Lipinski definition) is 2. The van der Waals surface area contributed by atoms with Crippen LogP contribution in [-0.4, -0.2) is 11.5 Å². The molecule has 0 aliphatic carbocycles. The van der Waals surface area contributed by atoms with E-state index in [4.69, 9.17) is 0 Å². The maximum atomic E-state index is 13.6. The van der Waals surface area contributed by atoms with Crippen molar-refractivity contribution in [2.45, 2.75) is 37.5 Å². The van der Waals surface area contributed by atoms with Gasteiger partial charge in [-0.25, -0.2) is 17.6 Å². The van der Waals surface area contributed by atoms with E-state index in [1.807, 2.05) is 12.1 Å². The van der Waals surface area contributed by atoms with Crippen LogP contribution in [0.25, 0.3) is 6.08 Å². The van der Waals surface area contributed by atoms with E-state index in [0.717, 1.165) is 29.2 Å². The second-order valence-electron chi connectivity index (χ2n) is 6.01. The summed E-state index contributed by atoms with van der Waals surface area (Å²) in [5.74, 6) is -5.81. The molecular weight excluding hydrogens is 376 g/mol. The van der Waals surface area contributed by atoms with Gasteiger partial charge in [0.15, 0.2) is 23.2 Å². The lowest BCUT2D eigenvalue weighted by Crippen LogP contribution is -1.99. The van der Waals surface area contributed by atoms with E-state index in [1.54, 1.807) is 23.9 Å². The third-order valence-electron chi connectivity index (χ3n) is 3.96. The lowest BCUT2D eigenvalue weighted by Gasteiger charge is -2.03. The van der Waals surface area contributed by atoms with E-state index >= 15 is 0 Å². The van der Waals surface area contributed by atoms with Crippen molar-refractivity contribution in [3.63, 3.8) is 0 Å². The molecule has 6 heteroatoms. The molecule has 0 saturated heterocycles. The first kappa shape index (κ1) is 21.2. The average molecular weight is 396 g/mol. The highest BCUT2D eigenvalue weighted by atomic mass is 32.2. The summed E-state index contributed by atoms with van der Waals surface area (Å²) >= 11 is 1.70. The smallest absolute Gasteiger partial charge is 0.195 e. The summed E-state index contributed by atoms with van der Waals surface area (Å²) in [6.45, 7) is 2.16. The van der Waals surface area contributed by atoms with Gasteiger partial charge in [-0.05, 0) is 48.6 Å². The predicted molar refractivity (Wildman–Crippen MR) is 101 cm³/mol. The number of halogens is 4. The highest BCUT2D eigenvalue weighted by Crippen LogP contribution is 2.22. The summed E-state index contributed by atoms with van der Waals surface area (Å²) in [7, 11) is 0. The van der Waals surface area contributed by atoms with Gasteiger partial charge in [0.05, 0.1) is 0 Å². The molecule has 0 bridgehead atoms. The largest absolute Gasteiger partial charge is 0.289 e. The second kappa shape index (κ2) is 10.3. The number of rotatable bonds is 9. The van der Waals surface area contributed by atoms with Crippen LogP contribution in [0.3, 0.4) is 0 Å². The fourth-order valence-corrected chi connectivity index (χ4v) is 3.34. The van der Waals surface area contributed by atoms with E-state index in [1.165, 1.54) is 19.3 Å². The molecule has 0 radical (unpaired) electrons. The normalized spacial score (nSPS) is 11.3. The number of carbonyl (C=O) groups excluding carboxylic acids is 1. The molecule has 0 fully saturated rings. The van der Waals surface area contributed by atoms with Gasteiger partial charge in [0.2, 0.25) is 0 Å². The summed E-state index contributed by atoms with van der Waals surface area (Å²) in [6.07, 6.45) is 6.49. The highest BCUT2D eigenvalue weighted by molar-refractivity contribution is 7.99. The van der Waals surface area contributed by atoms with Crippen LogP contribution in [0.2, 0.25) is 0 Å². The highest BCUT2D eigenvalue weighted by Gasteiger charge is 2.17. The van der Waals surface area contributed by atoms with Crippen molar-refractivity contribution in [2.75, 3.05) is 5.75 Å². The van der Waals surface area contributed by atoms with Gasteiger partial charge >= 0.3 is 0 Å². The Labute approximate surface area is 160 Å². The van der Waals surface area contributed by atoms with Crippen molar-refractivity contribution in [2.24, 2.45) is 0 Å². The number of hydrogen-bond donors (Lipinski definition) is 0. The molecular formula is C21H20F4OS. The Hall–Kier alpha value is -2.08. The zero-order valence-electron chi connectivity index (χ0n) is 14.9. The number of carbonyl (C=O) groups is 1. The van der Waals surface area contributed by atoms with E-state index in [-0.39, 0.29) is 6.07 Å². The lowest BCUT2D eigenvalue weighted by molar-refractivity contribution is 0.104. The fraction of sp³-hybridized carbons (Fsp3) is 0.286. The molecule has 0 spiro atoms. The molecule has 0 aliphatic heterocycles. The molecule has 144 valence electrons. The van der Waals surface area contributed by atoms with Gasteiger partial charge in [0.1, 0.15) is 5.82 Å². The fourth-order valence-electron chi connectivity index (χ4n) is 2.42. The minimum atomic E-state index is -1.77. The first-order valence-electron chi connectivity index (χ1n) is 8.72. The molecule has 0 atom stereocenters. The van der Waals surface area contributed by atoms with Crippen LogP contribution in [0.1, 0.15) is 48.5 Å². The zero-order valence-corrected chi connectivity index (χ0v) is 15.7. The number of allylic oxidation sites excluding steroid dienone is 1. The molecule has 0 amide bonds. The Bertz CT molecular complexity index is 816. The SMILES string of the molecule is CCCCCCSc1ccc(C(=O)/C=C/c2c(F)cc(F)c(F)c2F)cc1. The lowest BCUT2D eigenvalue weighted by atomic mass is 10.1. The van der Waals surface area contributed by atoms with Gasteiger partial charge in [0.25, 0.3) is 0 Å². The van der Waals surface area contributed by atoms with Crippen LogP contribution in [-0.2, 0) is 0 Å². The Morgan fingerprint density at radius 3 is 2.33 bits per heavy atom. The number of benzene rings is 2. The van der Waals surface area contributed by atoms with Crippen molar-refractivity contribution in [3.8, 4) is 0 Å². The minimum Gasteiger partial charge on any atom is -0.289 e. The topological polar surface area (TPSA) is 17.1 Å². The molecule has 0 unspecified atom stereocenters. The Morgan fingerprint density at radius 1 is 0.963 bits per heavy atom. The van der Waals surface area contributed by atoms with Crippen LogP contribution in [0, 0.1) is 23.3 Å². The summed E-state index contributed by atoms with van der Waals surface area (Å²) in [4.78, 5) is 13.2. The maximum Gasteiger partial charge on any atom is 0.195 e. The van der Waals surface area contributed by atoms with Gasteiger partial charge in [-0.2, -0.15) is 0 Å². The quantitative estimate of drug-likeness (QED) is 0.0881. The summed E-state index contributed by atoms with van der Waals surface area (Å²) in [5, 5.41) is 0. The first-order chi connectivity index (χ1) is 12.9. The Balaban J connectivity index is 2.00. The molecule has 2 aromatic carbocycles. The second-order valence-corrected chi connectivity index (χ2v) is 7.18. The molecule has 0 heterocycles. The number of unbranched alkanes of at least 4 members (excludes halogenated alkanes) is 3. The summed E-state index contributed by atoms with van der Waals surface area (Å²) < 4.78 is 53.3. The molecule has 0 saturated carbocycles. The minimum absolute atomic E-state index is 0.245. The van der Waals surface area contributed by atoms with Crippen molar-refractivity contribution in [1.29, 1.82) is 0 Å². The average Bonchev–Trinajstić information content (AvgIpc) is 2.66. The third-order valence-corrected chi connectivity index (χ3v) is 5.05. The van der Waals surface area contributed by atoms with Gasteiger partial charge in [-0.15, -0.1) is 11.8 Å². The van der Waals surface area contributed by atoms with Gasteiger partial charge < -0.3 is 0 Å². The molecule has 0 N–H and O–H groups in total. The summed E-state index contributed by atoms with van der Waals surface area (Å²) in [6, 6.07) is 7.11. The molecule has 2 aromatic rings. The first-order valence-corrected chi connectivity index (χ1v) is 9.70. The predicted octanol–water partition coefficient (Wildman–Crippen LogP) is 6.81. The van der Waals surface area contributed by atoms with Gasteiger partial charge in [-0.3, -0.25) is 4.79 Å². The molecule has 1 nitrogen and oxygen atoms in total. The number of ketones is 1. The summed E-state index contributed by atoms with van der Waals surface area (Å²) in [5.41, 5.74) is -0.452. The molecule has 0 aliphatic rings. The van der Waals surface area contributed by atoms with Gasteiger partial charge in [0, 0.05) is 22.1 Å². The van der Waals surface area contributed by atoms with Crippen molar-refractivity contribution in [1.82, 2.24) is 0 Å². The van der Waals surface area contributed by atoms with Crippen LogP contribution in [0.4, 0.5) is 17.6 Å². The van der Waals surface area contributed by atoms with Crippen molar-refractivity contribution in [3.05, 3.63) is 70.8 Å². The Kier molecular flexibility index (Phi) is 8.10. The van der Waals surface area contributed by atoms with Crippen LogP contribution in [0.15, 0.2) is 41.3 Å². The van der Waals surface area contributed by atoms with E-state index in [2.05, 4.69) is 6.92 Å². The van der Waals surface area contributed by atoms with Crippen molar-refractivity contribution >= 4 is 23.6 Å². The molecule has 27 heavy (non-hydrogen) atoms. The van der Waals surface area contributed by atoms with E-state index in [9.17, 15) is 22.4 Å². The van der Waals surface area contributed by atoms with Crippen LogP contribution in [0.5, 0.6) is 0 Å².